The van der Waals surface area contributed by atoms with Gasteiger partial charge in [-0.1, -0.05) is 30.3 Å². The number of hydrogen-bond acceptors (Lipinski definition) is 5. The smallest absolute Gasteiger partial charge is 0.255 e. The summed E-state index contributed by atoms with van der Waals surface area (Å²) in [5.41, 5.74) is 3.84. The van der Waals surface area contributed by atoms with E-state index in [-0.39, 0.29) is 5.91 Å². The van der Waals surface area contributed by atoms with Gasteiger partial charge < -0.3 is 19.7 Å². The summed E-state index contributed by atoms with van der Waals surface area (Å²) in [5, 5.41) is 2.98. The monoisotopic (exact) mass is 459 g/mol. The van der Waals surface area contributed by atoms with Gasteiger partial charge in [-0.15, -0.1) is 0 Å². The third kappa shape index (κ3) is 6.08. The third-order valence-electron chi connectivity index (χ3n) is 5.92. The largest absolute Gasteiger partial charge is 0.490 e. The van der Waals surface area contributed by atoms with Crippen molar-refractivity contribution in [2.75, 3.05) is 49.6 Å². The first-order chi connectivity index (χ1) is 16.7. The number of nitrogens with one attached hydrogen (secondary N) is 1. The Bertz CT molecular complexity index is 1060. The van der Waals surface area contributed by atoms with Gasteiger partial charge in [0.1, 0.15) is 0 Å². The number of benzene rings is 3. The number of nitrogens with zero attached hydrogens (tertiary/aromatic N) is 2. The lowest BCUT2D eigenvalue weighted by Crippen LogP contribution is -2.45. The van der Waals surface area contributed by atoms with Crippen molar-refractivity contribution in [1.29, 1.82) is 0 Å². The van der Waals surface area contributed by atoms with Crippen molar-refractivity contribution in [3.63, 3.8) is 0 Å². The first-order valence-electron chi connectivity index (χ1n) is 12.0. The number of piperazine rings is 1. The molecule has 1 heterocycles. The number of ether oxygens (including phenoxy) is 2. The molecule has 6 heteroatoms. The molecule has 0 bridgehead atoms. The van der Waals surface area contributed by atoms with Crippen molar-refractivity contribution >= 4 is 17.3 Å². The first-order valence-corrected chi connectivity index (χ1v) is 12.0. The third-order valence-corrected chi connectivity index (χ3v) is 5.92. The molecule has 0 radical (unpaired) electrons. The Hall–Kier alpha value is -3.51. The molecule has 1 amide bonds. The zero-order chi connectivity index (χ0) is 23.8. The van der Waals surface area contributed by atoms with E-state index in [0.717, 1.165) is 38.4 Å². The second kappa shape index (κ2) is 11.6. The van der Waals surface area contributed by atoms with Crippen molar-refractivity contribution in [3.8, 4) is 11.5 Å². The molecule has 3 aromatic carbocycles. The van der Waals surface area contributed by atoms with E-state index >= 15 is 0 Å². The number of rotatable bonds is 9. The molecule has 1 aliphatic rings. The Kier molecular flexibility index (Phi) is 8.04. The van der Waals surface area contributed by atoms with Crippen LogP contribution >= 0.6 is 0 Å². The summed E-state index contributed by atoms with van der Waals surface area (Å²) >= 11 is 0. The van der Waals surface area contributed by atoms with Gasteiger partial charge in [0.15, 0.2) is 11.5 Å². The van der Waals surface area contributed by atoms with Crippen LogP contribution in [0, 0.1) is 0 Å². The molecule has 0 spiro atoms. The fourth-order valence-corrected chi connectivity index (χ4v) is 4.16. The zero-order valence-electron chi connectivity index (χ0n) is 20.0. The molecule has 1 aliphatic heterocycles. The Morgan fingerprint density at radius 3 is 2.18 bits per heavy atom. The Labute approximate surface area is 202 Å². The quantitative estimate of drug-likeness (QED) is 0.485. The number of carbonyl (C=O) groups excluding carboxylic acids is 1. The highest BCUT2D eigenvalue weighted by Gasteiger charge is 2.18. The molecular weight excluding hydrogens is 426 g/mol. The van der Waals surface area contributed by atoms with Crippen LogP contribution in [-0.4, -0.2) is 50.2 Å². The summed E-state index contributed by atoms with van der Waals surface area (Å²) in [5.74, 6) is 1.05. The van der Waals surface area contributed by atoms with Gasteiger partial charge >= 0.3 is 0 Å². The summed E-state index contributed by atoms with van der Waals surface area (Å²) in [7, 11) is 0. The topological polar surface area (TPSA) is 54.0 Å². The first kappa shape index (κ1) is 23.6. The van der Waals surface area contributed by atoms with Crippen LogP contribution in [0.1, 0.15) is 29.8 Å². The Balaban J connectivity index is 1.32. The minimum atomic E-state index is -0.175. The molecule has 1 N–H and O–H groups in total. The predicted octanol–water partition coefficient (Wildman–Crippen LogP) is 5.06. The second-order valence-corrected chi connectivity index (χ2v) is 8.28. The van der Waals surface area contributed by atoms with Crippen LogP contribution in [0.2, 0.25) is 0 Å². The van der Waals surface area contributed by atoms with Crippen LogP contribution in [0.5, 0.6) is 11.5 Å². The van der Waals surface area contributed by atoms with Crippen molar-refractivity contribution in [2.24, 2.45) is 0 Å². The standard InChI is InChI=1S/C28H33N3O3/c1-3-33-26-15-10-23(20-27(26)34-4-2)28(32)29-24-11-13-25(14-12-24)31-18-16-30(17-19-31)21-22-8-6-5-7-9-22/h5-15,20H,3-4,16-19,21H2,1-2H3,(H,29,32). The molecule has 1 saturated heterocycles. The zero-order valence-corrected chi connectivity index (χ0v) is 20.0. The van der Waals surface area contributed by atoms with Crippen LogP contribution in [0.4, 0.5) is 11.4 Å². The van der Waals surface area contributed by atoms with E-state index in [2.05, 4.69) is 57.6 Å². The van der Waals surface area contributed by atoms with Gasteiger partial charge in [0.2, 0.25) is 0 Å². The van der Waals surface area contributed by atoms with Crippen molar-refractivity contribution in [3.05, 3.63) is 83.9 Å². The Morgan fingerprint density at radius 2 is 1.50 bits per heavy atom. The van der Waals surface area contributed by atoms with Crippen molar-refractivity contribution < 1.29 is 14.3 Å². The minimum Gasteiger partial charge on any atom is -0.490 e. The summed E-state index contributed by atoms with van der Waals surface area (Å²) in [6, 6.07) is 24.0. The van der Waals surface area contributed by atoms with E-state index in [4.69, 9.17) is 9.47 Å². The molecule has 1 fully saturated rings. The molecule has 0 aromatic heterocycles. The van der Waals surface area contributed by atoms with E-state index in [1.807, 2.05) is 26.0 Å². The number of carbonyl (C=O) groups is 1. The molecule has 34 heavy (non-hydrogen) atoms. The van der Waals surface area contributed by atoms with Gasteiger partial charge in [0.05, 0.1) is 13.2 Å². The highest BCUT2D eigenvalue weighted by molar-refractivity contribution is 6.04. The maximum atomic E-state index is 12.8. The van der Waals surface area contributed by atoms with E-state index < -0.39 is 0 Å². The average molecular weight is 460 g/mol. The number of anilines is 2. The van der Waals surface area contributed by atoms with Crippen LogP contribution in [-0.2, 0) is 6.54 Å². The fraction of sp³-hybridized carbons (Fsp3) is 0.321. The van der Waals surface area contributed by atoms with E-state index in [9.17, 15) is 4.79 Å². The number of hydrogen-bond donors (Lipinski definition) is 1. The second-order valence-electron chi connectivity index (χ2n) is 8.28. The minimum absolute atomic E-state index is 0.175. The van der Waals surface area contributed by atoms with Gasteiger partial charge in [-0.05, 0) is 61.9 Å². The van der Waals surface area contributed by atoms with E-state index in [0.29, 0.717) is 30.3 Å². The summed E-state index contributed by atoms with van der Waals surface area (Å²) in [6.45, 7) is 9.93. The number of amides is 1. The molecule has 3 aromatic rings. The molecule has 0 aliphatic carbocycles. The van der Waals surface area contributed by atoms with E-state index in [1.54, 1.807) is 18.2 Å². The predicted molar refractivity (Wildman–Crippen MR) is 137 cm³/mol. The fourth-order valence-electron chi connectivity index (χ4n) is 4.16. The lowest BCUT2D eigenvalue weighted by atomic mass is 10.1. The van der Waals surface area contributed by atoms with Crippen LogP contribution in [0.15, 0.2) is 72.8 Å². The Morgan fingerprint density at radius 1 is 0.824 bits per heavy atom. The van der Waals surface area contributed by atoms with Crippen LogP contribution in [0.3, 0.4) is 0 Å². The maximum absolute atomic E-state index is 12.8. The maximum Gasteiger partial charge on any atom is 0.255 e. The SMILES string of the molecule is CCOc1ccc(C(=O)Nc2ccc(N3CCN(Cc4ccccc4)CC3)cc2)cc1OCC. The molecular formula is C28H33N3O3. The highest BCUT2D eigenvalue weighted by atomic mass is 16.5. The molecule has 0 unspecified atom stereocenters. The van der Waals surface area contributed by atoms with Gasteiger partial charge in [0.25, 0.3) is 5.91 Å². The molecule has 6 nitrogen and oxygen atoms in total. The van der Waals surface area contributed by atoms with Crippen LogP contribution in [0.25, 0.3) is 0 Å². The average Bonchev–Trinajstić information content (AvgIpc) is 2.87. The molecule has 178 valence electrons. The van der Waals surface area contributed by atoms with Crippen LogP contribution < -0.4 is 19.7 Å². The summed E-state index contributed by atoms with van der Waals surface area (Å²) in [6.07, 6.45) is 0. The lowest BCUT2D eigenvalue weighted by molar-refractivity contribution is 0.102. The molecule has 0 saturated carbocycles. The van der Waals surface area contributed by atoms with Crippen molar-refractivity contribution in [2.45, 2.75) is 20.4 Å². The van der Waals surface area contributed by atoms with Gasteiger partial charge in [0, 0.05) is 49.7 Å². The highest BCUT2D eigenvalue weighted by Crippen LogP contribution is 2.29. The summed E-state index contributed by atoms with van der Waals surface area (Å²) < 4.78 is 11.2. The summed E-state index contributed by atoms with van der Waals surface area (Å²) in [4.78, 5) is 17.7. The molecule has 4 rings (SSSR count). The van der Waals surface area contributed by atoms with Crippen molar-refractivity contribution in [1.82, 2.24) is 4.90 Å². The van der Waals surface area contributed by atoms with E-state index in [1.165, 1.54) is 11.3 Å². The van der Waals surface area contributed by atoms with Gasteiger partial charge in [-0.25, -0.2) is 0 Å². The normalized spacial score (nSPS) is 14.0. The van der Waals surface area contributed by atoms with Gasteiger partial charge in [-0.2, -0.15) is 0 Å². The lowest BCUT2D eigenvalue weighted by Gasteiger charge is -2.36. The molecule has 0 atom stereocenters. The van der Waals surface area contributed by atoms with Gasteiger partial charge in [-0.3, -0.25) is 9.69 Å².